The van der Waals surface area contributed by atoms with Crippen molar-refractivity contribution in [3.05, 3.63) is 59.4 Å². The highest BCUT2D eigenvalue weighted by Crippen LogP contribution is 2.35. The van der Waals surface area contributed by atoms with Crippen LogP contribution >= 0.6 is 11.6 Å². The van der Waals surface area contributed by atoms with Crippen molar-refractivity contribution < 1.29 is 13.2 Å². The molecule has 1 atom stereocenters. The molecular weight excluding hydrogens is 403 g/mol. The van der Waals surface area contributed by atoms with Gasteiger partial charge in [-0.15, -0.1) is 0 Å². The van der Waals surface area contributed by atoms with Crippen molar-refractivity contribution in [2.75, 3.05) is 10.6 Å². The summed E-state index contributed by atoms with van der Waals surface area (Å²) in [4.78, 5) is 13.0. The Labute approximate surface area is 171 Å². The molecule has 2 aromatic heterocycles. The third kappa shape index (κ3) is 5.35. The fourth-order valence-corrected chi connectivity index (χ4v) is 2.72. The molecule has 2 heterocycles. The maximum Gasteiger partial charge on any atom is 0.416 e. The fraction of sp³-hybridized carbons (Fsp3) is 0.250. The van der Waals surface area contributed by atoms with Crippen LogP contribution < -0.4 is 10.6 Å². The molecular formula is C20H19ClF3N5. The molecule has 29 heavy (non-hydrogen) atoms. The molecule has 5 nitrogen and oxygen atoms in total. The van der Waals surface area contributed by atoms with Gasteiger partial charge in [-0.2, -0.15) is 18.2 Å². The number of benzene rings is 1. The molecule has 152 valence electrons. The highest BCUT2D eigenvalue weighted by molar-refractivity contribution is 6.33. The molecule has 0 fully saturated rings. The van der Waals surface area contributed by atoms with Crippen molar-refractivity contribution in [3.63, 3.8) is 0 Å². The SMILES string of the molecule is CC[C@@H](C)Nc1nc(Nc2ccc(C(F)(F)F)cc2Cl)cc(-c2cccnc2)n1. The van der Waals surface area contributed by atoms with E-state index in [1.807, 2.05) is 19.9 Å². The number of aromatic nitrogens is 3. The summed E-state index contributed by atoms with van der Waals surface area (Å²) in [5.41, 5.74) is 0.893. The lowest BCUT2D eigenvalue weighted by molar-refractivity contribution is -0.137. The van der Waals surface area contributed by atoms with Gasteiger partial charge in [0.1, 0.15) is 5.82 Å². The largest absolute Gasteiger partial charge is 0.416 e. The summed E-state index contributed by atoms with van der Waals surface area (Å²) in [5.74, 6) is 0.789. The molecule has 0 bridgehead atoms. The first-order chi connectivity index (χ1) is 13.8. The topological polar surface area (TPSA) is 62.7 Å². The van der Waals surface area contributed by atoms with Crippen LogP contribution in [0.1, 0.15) is 25.8 Å². The Morgan fingerprint density at radius 3 is 2.55 bits per heavy atom. The van der Waals surface area contributed by atoms with Gasteiger partial charge in [0, 0.05) is 30.1 Å². The first-order valence-corrected chi connectivity index (χ1v) is 9.34. The molecule has 0 aliphatic heterocycles. The molecule has 0 saturated heterocycles. The second kappa shape index (κ2) is 8.65. The molecule has 1 aromatic carbocycles. The van der Waals surface area contributed by atoms with Gasteiger partial charge in [-0.3, -0.25) is 4.98 Å². The van der Waals surface area contributed by atoms with Crippen LogP contribution in [0.2, 0.25) is 5.02 Å². The second-order valence-corrected chi connectivity index (χ2v) is 6.88. The number of nitrogens with one attached hydrogen (secondary N) is 2. The van der Waals surface area contributed by atoms with Crippen LogP contribution in [0, 0.1) is 0 Å². The first kappa shape index (κ1) is 20.9. The summed E-state index contributed by atoms with van der Waals surface area (Å²) < 4.78 is 38.6. The number of hydrogen-bond donors (Lipinski definition) is 2. The number of alkyl halides is 3. The molecule has 3 rings (SSSR count). The van der Waals surface area contributed by atoms with Crippen molar-refractivity contribution in [1.29, 1.82) is 0 Å². The van der Waals surface area contributed by atoms with Crippen LogP contribution in [0.4, 0.5) is 30.6 Å². The van der Waals surface area contributed by atoms with Gasteiger partial charge in [0.2, 0.25) is 5.95 Å². The van der Waals surface area contributed by atoms with Crippen molar-refractivity contribution in [1.82, 2.24) is 15.0 Å². The van der Waals surface area contributed by atoms with Gasteiger partial charge >= 0.3 is 6.18 Å². The van der Waals surface area contributed by atoms with E-state index >= 15 is 0 Å². The summed E-state index contributed by atoms with van der Waals surface area (Å²) >= 11 is 6.06. The van der Waals surface area contributed by atoms with E-state index in [4.69, 9.17) is 11.6 Å². The summed E-state index contributed by atoms with van der Waals surface area (Å²) in [6.07, 6.45) is -0.264. The molecule has 3 aromatic rings. The van der Waals surface area contributed by atoms with E-state index in [1.165, 1.54) is 6.07 Å². The Balaban J connectivity index is 1.97. The lowest BCUT2D eigenvalue weighted by Gasteiger charge is -2.15. The Kier molecular flexibility index (Phi) is 6.22. The van der Waals surface area contributed by atoms with Crippen LogP contribution in [0.15, 0.2) is 48.8 Å². The normalized spacial score (nSPS) is 12.5. The standard InChI is InChI=1S/C20H19ClF3N5/c1-3-12(2)26-19-28-17(13-5-4-8-25-11-13)10-18(29-19)27-16-7-6-14(9-15(16)21)20(22,23)24/h4-12H,3H2,1-2H3,(H2,26,27,28,29)/t12-/m1/s1. The van der Waals surface area contributed by atoms with Gasteiger partial charge in [0.15, 0.2) is 0 Å². The predicted octanol–water partition coefficient (Wildman–Crippen LogP) is 6.16. The number of hydrogen-bond acceptors (Lipinski definition) is 5. The van der Waals surface area contributed by atoms with E-state index in [1.54, 1.807) is 24.5 Å². The Bertz CT molecular complexity index is 980. The van der Waals surface area contributed by atoms with Crippen molar-refractivity contribution in [2.45, 2.75) is 32.5 Å². The summed E-state index contributed by atoms with van der Waals surface area (Å²) in [7, 11) is 0. The molecule has 9 heteroatoms. The van der Waals surface area contributed by atoms with E-state index in [-0.39, 0.29) is 11.1 Å². The molecule has 0 saturated carbocycles. The third-order valence-corrected chi connectivity index (χ3v) is 4.54. The second-order valence-electron chi connectivity index (χ2n) is 6.47. The van der Waals surface area contributed by atoms with Gasteiger partial charge in [0.05, 0.1) is 22.0 Å². The molecule has 2 N–H and O–H groups in total. The number of pyridine rings is 1. The summed E-state index contributed by atoms with van der Waals surface area (Å²) in [5, 5.41) is 6.13. The summed E-state index contributed by atoms with van der Waals surface area (Å²) in [6.45, 7) is 4.03. The van der Waals surface area contributed by atoms with Crippen molar-refractivity contribution >= 4 is 29.1 Å². The zero-order valence-corrected chi connectivity index (χ0v) is 16.5. The van der Waals surface area contributed by atoms with Gasteiger partial charge < -0.3 is 10.6 Å². The number of nitrogens with zero attached hydrogens (tertiary/aromatic N) is 3. The molecule has 0 spiro atoms. The molecule has 0 aliphatic carbocycles. The first-order valence-electron chi connectivity index (χ1n) is 8.96. The maximum absolute atomic E-state index is 12.9. The van der Waals surface area contributed by atoms with Crippen molar-refractivity contribution in [3.8, 4) is 11.3 Å². The van der Waals surface area contributed by atoms with E-state index in [0.29, 0.717) is 23.1 Å². The highest BCUT2D eigenvalue weighted by atomic mass is 35.5. The Morgan fingerprint density at radius 1 is 1.14 bits per heavy atom. The van der Waals surface area contributed by atoms with E-state index < -0.39 is 11.7 Å². The van der Waals surface area contributed by atoms with E-state index in [2.05, 4.69) is 25.6 Å². The van der Waals surface area contributed by atoms with Crippen LogP contribution in [0.5, 0.6) is 0 Å². The summed E-state index contributed by atoms with van der Waals surface area (Å²) in [6, 6.07) is 8.60. The highest BCUT2D eigenvalue weighted by Gasteiger charge is 2.30. The predicted molar refractivity (Wildman–Crippen MR) is 108 cm³/mol. The lowest BCUT2D eigenvalue weighted by atomic mass is 10.2. The van der Waals surface area contributed by atoms with Crippen molar-refractivity contribution in [2.24, 2.45) is 0 Å². The van der Waals surface area contributed by atoms with E-state index in [9.17, 15) is 13.2 Å². The third-order valence-electron chi connectivity index (χ3n) is 4.23. The molecule has 0 amide bonds. The van der Waals surface area contributed by atoms with Gasteiger partial charge in [0.25, 0.3) is 0 Å². The van der Waals surface area contributed by atoms with Crippen LogP contribution in [-0.2, 0) is 6.18 Å². The minimum Gasteiger partial charge on any atom is -0.352 e. The molecule has 0 aliphatic rings. The minimum atomic E-state index is -4.46. The van der Waals surface area contributed by atoms with Gasteiger partial charge in [-0.05, 0) is 43.7 Å². The number of anilines is 3. The average molecular weight is 422 g/mol. The molecule has 0 radical (unpaired) electrons. The van der Waals surface area contributed by atoms with Crippen LogP contribution in [0.3, 0.4) is 0 Å². The Morgan fingerprint density at radius 2 is 1.93 bits per heavy atom. The molecule has 0 unspecified atom stereocenters. The monoisotopic (exact) mass is 421 g/mol. The fourth-order valence-electron chi connectivity index (χ4n) is 2.49. The quantitative estimate of drug-likeness (QED) is 0.498. The van der Waals surface area contributed by atoms with Gasteiger partial charge in [-0.1, -0.05) is 18.5 Å². The van der Waals surface area contributed by atoms with Gasteiger partial charge in [-0.25, -0.2) is 4.98 Å². The maximum atomic E-state index is 12.9. The zero-order valence-electron chi connectivity index (χ0n) is 15.8. The smallest absolute Gasteiger partial charge is 0.352 e. The average Bonchev–Trinajstić information content (AvgIpc) is 2.69. The van der Waals surface area contributed by atoms with E-state index in [0.717, 1.165) is 24.1 Å². The number of halogens is 4. The minimum absolute atomic E-state index is 0.0576. The van der Waals surface area contributed by atoms with Crippen LogP contribution in [0.25, 0.3) is 11.3 Å². The Hall–Kier alpha value is -2.87. The van der Waals surface area contributed by atoms with Crippen LogP contribution in [-0.4, -0.2) is 21.0 Å². The zero-order chi connectivity index (χ0) is 21.0. The lowest BCUT2D eigenvalue weighted by Crippen LogP contribution is -2.16. The number of rotatable bonds is 6.